The average molecular weight is 479 g/mol. The predicted octanol–water partition coefficient (Wildman–Crippen LogP) is 4.59. The summed E-state index contributed by atoms with van der Waals surface area (Å²) in [5, 5.41) is 4.28. The summed E-state index contributed by atoms with van der Waals surface area (Å²) in [4.78, 5) is 35.1. The molecule has 2 heterocycles. The summed E-state index contributed by atoms with van der Waals surface area (Å²) in [7, 11) is 3.82. The molecule has 1 N–H and O–H groups in total. The zero-order valence-corrected chi connectivity index (χ0v) is 20.0. The molecule has 3 aromatic rings. The van der Waals surface area contributed by atoms with Gasteiger partial charge in [-0.2, -0.15) is 0 Å². The highest BCUT2D eigenvalue weighted by atomic mass is 35.5. The van der Waals surface area contributed by atoms with E-state index in [0.717, 1.165) is 29.7 Å². The maximum Gasteiger partial charge on any atom is 0.263 e. The minimum Gasteiger partial charge on any atom is -0.323 e. The summed E-state index contributed by atoms with van der Waals surface area (Å²) in [6, 6.07) is 4.86. The number of halogens is 2. The van der Waals surface area contributed by atoms with Crippen molar-refractivity contribution in [2.75, 3.05) is 19.4 Å². The molecule has 9 heteroatoms. The minimum absolute atomic E-state index is 0.144. The topological polar surface area (TPSA) is 67.2 Å². The maximum atomic E-state index is 13.5. The number of anilines is 1. The standard InChI is InChI=1S/C22H24Cl2N4O2S/c1-12-4-6-14-17(8-12)31-21-20(14)22(30)28(18(26-21)10-27(2)3)11-19(29)25-16-9-13(23)5-7-15(16)24/h5,7,9,12H,4,6,8,10-11H2,1-3H3,(H,25,29). The van der Waals surface area contributed by atoms with Crippen LogP contribution in [-0.4, -0.2) is 34.5 Å². The van der Waals surface area contributed by atoms with Gasteiger partial charge in [0.1, 0.15) is 17.2 Å². The number of rotatable bonds is 5. The lowest BCUT2D eigenvalue weighted by atomic mass is 9.89. The van der Waals surface area contributed by atoms with E-state index in [-0.39, 0.29) is 18.0 Å². The molecule has 164 valence electrons. The zero-order valence-electron chi connectivity index (χ0n) is 17.7. The predicted molar refractivity (Wildman–Crippen MR) is 128 cm³/mol. The van der Waals surface area contributed by atoms with Gasteiger partial charge in [-0.1, -0.05) is 30.1 Å². The molecule has 1 amide bonds. The third-order valence-corrected chi connectivity index (χ3v) is 7.17. The number of hydrogen-bond acceptors (Lipinski definition) is 5. The van der Waals surface area contributed by atoms with Crippen molar-refractivity contribution in [2.45, 2.75) is 39.3 Å². The first-order valence-corrected chi connectivity index (χ1v) is 11.7. The van der Waals surface area contributed by atoms with Crippen LogP contribution in [0.15, 0.2) is 23.0 Å². The summed E-state index contributed by atoms with van der Waals surface area (Å²) in [6.45, 7) is 2.55. The van der Waals surface area contributed by atoms with Gasteiger partial charge in [0.25, 0.3) is 5.56 Å². The third-order valence-electron chi connectivity index (χ3n) is 5.46. The normalized spacial score (nSPS) is 16.0. The lowest BCUT2D eigenvalue weighted by molar-refractivity contribution is -0.116. The molecule has 0 fully saturated rings. The molecule has 4 rings (SSSR count). The fourth-order valence-electron chi connectivity index (χ4n) is 3.96. The van der Waals surface area contributed by atoms with Gasteiger partial charge in [-0.05, 0) is 63.0 Å². The average Bonchev–Trinajstić information content (AvgIpc) is 3.04. The van der Waals surface area contributed by atoms with Crippen molar-refractivity contribution in [2.24, 2.45) is 5.92 Å². The monoisotopic (exact) mass is 478 g/mol. The molecule has 6 nitrogen and oxygen atoms in total. The Morgan fingerprint density at radius 1 is 1.35 bits per heavy atom. The van der Waals surface area contributed by atoms with E-state index in [1.54, 1.807) is 29.5 Å². The molecule has 1 aliphatic carbocycles. The number of aromatic nitrogens is 2. The second-order valence-corrected chi connectivity index (χ2v) is 10.3. The number of aryl methyl sites for hydroxylation is 1. The fourth-order valence-corrected chi connectivity index (χ4v) is 5.69. The van der Waals surface area contributed by atoms with E-state index in [9.17, 15) is 9.59 Å². The van der Waals surface area contributed by atoms with Gasteiger partial charge in [0.2, 0.25) is 5.91 Å². The molecular formula is C22H24Cl2N4O2S. The quantitative estimate of drug-likeness (QED) is 0.582. The number of carbonyl (C=O) groups excluding carboxylic acids is 1. The molecule has 1 atom stereocenters. The van der Waals surface area contributed by atoms with Crippen LogP contribution in [-0.2, 0) is 30.7 Å². The molecule has 31 heavy (non-hydrogen) atoms. The summed E-state index contributed by atoms with van der Waals surface area (Å²) >= 11 is 13.8. The van der Waals surface area contributed by atoms with Crippen molar-refractivity contribution in [3.8, 4) is 0 Å². The first-order chi connectivity index (χ1) is 14.7. The number of nitrogens with one attached hydrogen (secondary N) is 1. The number of thiophene rings is 1. The molecule has 0 saturated carbocycles. The minimum atomic E-state index is -0.356. The molecule has 0 bridgehead atoms. The van der Waals surface area contributed by atoms with Crippen LogP contribution in [0.2, 0.25) is 10.0 Å². The second-order valence-electron chi connectivity index (χ2n) is 8.36. The van der Waals surface area contributed by atoms with Crippen molar-refractivity contribution in [1.29, 1.82) is 0 Å². The largest absolute Gasteiger partial charge is 0.323 e. The molecule has 0 spiro atoms. The molecule has 0 aliphatic heterocycles. The highest BCUT2D eigenvalue weighted by Gasteiger charge is 2.25. The number of benzene rings is 1. The van der Waals surface area contributed by atoms with Crippen LogP contribution in [0.25, 0.3) is 10.2 Å². The first kappa shape index (κ1) is 22.3. The highest BCUT2D eigenvalue weighted by Crippen LogP contribution is 2.36. The van der Waals surface area contributed by atoms with Gasteiger partial charge in [-0.25, -0.2) is 4.98 Å². The van der Waals surface area contributed by atoms with Gasteiger partial charge in [0, 0.05) is 9.90 Å². The van der Waals surface area contributed by atoms with Crippen LogP contribution in [0, 0.1) is 5.92 Å². The van der Waals surface area contributed by atoms with Crippen LogP contribution in [0.5, 0.6) is 0 Å². The van der Waals surface area contributed by atoms with Crippen LogP contribution >= 0.6 is 34.5 Å². The molecule has 0 radical (unpaired) electrons. The van der Waals surface area contributed by atoms with E-state index in [0.29, 0.717) is 39.4 Å². The molecule has 0 saturated heterocycles. The zero-order chi connectivity index (χ0) is 22.3. The second kappa shape index (κ2) is 8.90. The Balaban J connectivity index is 1.74. The Kier molecular flexibility index (Phi) is 6.40. The molecule has 1 unspecified atom stereocenters. The van der Waals surface area contributed by atoms with Crippen molar-refractivity contribution < 1.29 is 4.79 Å². The van der Waals surface area contributed by atoms with Gasteiger partial charge < -0.3 is 10.2 Å². The number of nitrogens with zero attached hydrogens (tertiary/aromatic N) is 3. The molecule has 1 aromatic carbocycles. The van der Waals surface area contributed by atoms with Crippen LogP contribution in [0.1, 0.15) is 29.6 Å². The lowest BCUT2D eigenvalue weighted by Gasteiger charge is -2.18. The maximum absolute atomic E-state index is 13.5. The summed E-state index contributed by atoms with van der Waals surface area (Å²) < 4.78 is 1.49. The van der Waals surface area contributed by atoms with Gasteiger partial charge in [0.05, 0.1) is 22.6 Å². The molecule has 2 aromatic heterocycles. The fraction of sp³-hybridized carbons (Fsp3) is 0.409. The van der Waals surface area contributed by atoms with Crippen molar-refractivity contribution in [1.82, 2.24) is 14.5 Å². The Labute approximate surface area is 194 Å². The van der Waals surface area contributed by atoms with Crippen LogP contribution in [0.3, 0.4) is 0 Å². The summed E-state index contributed by atoms with van der Waals surface area (Å²) in [5.41, 5.74) is 1.37. The van der Waals surface area contributed by atoms with Crippen molar-refractivity contribution in [3.05, 3.63) is 54.9 Å². The number of fused-ring (bicyclic) bond motifs is 3. The van der Waals surface area contributed by atoms with Gasteiger partial charge in [-0.15, -0.1) is 11.3 Å². The highest BCUT2D eigenvalue weighted by molar-refractivity contribution is 7.18. The summed E-state index contributed by atoms with van der Waals surface area (Å²) in [6.07, 6.45) is 2.92. The van der Waals surface area contributed by atoms with Crippen LogP contribution < -0.4 is 10.9 Å². The third kappa shape index (κ3) is 4.65. The number of amides is 1. The smallest absolute Gasteiger partial charge is 0.263 e. The SMILES string of the molecule is CC1CCc2c(sc3nc(CN(C)C)n(CC(=O)Nc4cc(Cl)ccc4Cl)c(=O)c23)C1. The first-order valence-electron chi connectivity index (χ1n) is 10.2. The molecular weight excluding hydrogens is 455 g/mol. The van der Waals surface area contributed by atoms with E-state index in [4.69, 9.17) is 28.2 Å². The Morgan fingerprint density at radius 3 is 2.87 bits per heavy atom. The van der Waals surface area contributed by atoms with E-state index < -0.39 is 0 Å². The Bertz CT molecular complexity index is 1220. The molecule has 1 aliphatic rings. The van der Waals surface area contributed by atoms with Crippen molar-refractivity contribution in [3.63, 3.8) is 0 Å². The lowest BCUT2D eigenvalue weighted by Crippen LogP contribution is -2.33. The number of hydrogen-bond donors (Lipinski definition) is 1. The van der Waals surface area contributed by atoms with Gasteiger partial charge >= 0.3 is 0 Å². The Hall–Kier alpha value is -1.93. The van der Waals surface area contributed by atoms with Crippen LogP contribution in [0.4, 0.5) is 5.69 Å². The van der Waals surface area contributed by atoms with Crippen molar-refractivity contribution >= 4 is 56.3 Å². The number of carbonyl (C=O) groups is 1. The van der Waals surface area contributed by atoms with E-state index >= 15 is 0 Å². The van der Waals surface area contributed by atoms with E-state index in [1.165, 1.54) is 9.44 Å². The summed E-state index contributed by atoms with van der Waals surface area (Å²) in [5.74, 6) is 0.823. The van der Waals surface area contributed by atoms with E-state index in [2.05, 4.69) is 12.2 Å². The van der Waals surface area contributed by atoms with Gasteiger partial charge in [0.15, 0.2) is 0 Å². The van der Waals surface area contributed by atoms with Gasteiger partial charge in [-0.3, -0.25) is 14.2 Å². The van der Waals surface area contributed by atoms with E-state index in [1.807, 2.05) is 19.0 Å². The Morgan fingerprint density at radius 2 is 2.13 bits per heavy atom.